The standard InChI is InChI=1S/C14H13N3O/c1-7-3-4-10-9(5-7)13(15)12-11(17-10)6-8(2)16-14(12)18/h3-6H,1-2H3,(H2,15,17)(H,16,18). The van der Waals surface area contributed by atoms with Gasteiger partial charge in [0.1, 0.15) is 0 Å². The van der Waals surface area contributed by atoms with Crippen LogP contribution in [0.2, 0.25) is 0 Å². The van der Waals surface area contributed by atoms with Gasteiger partial charge in [0.25, 0.3) is 5.56 Å². The van der Waals surface area contributed by atoms with Crippen molar-refractivity contribution in [1.82, 2.24) is 9.97 Å². The van der Waals surface area contributed by atoms with Crippen LogP contribution in [0.25, 0.3) is 21.8 Å². The molecule has 2 aromatic heterocycles. The smallest absolute Gasteiger partial charge is 0.259 e. The van der Waals surface area contributed by atoms with Gasteiger partial charge in [-0.05, 0) is 32.0 Å². The topological polar surface area (TPSA) is 71.8 Å². The Balaban J connectivity index is 2.61. The fourth-order valence-corrected chi connectivity index (χ4v) is 2.25. The van der Waals surface area contributed by atoms with Crippen LogP contribution in [0.1, 0.15) is 11.3 Å². The molecule has 3 rings (SSSR count). The van der Waals surface area contributed by atoms with E-state index in [0.717, 1.165) is 22.2 Å². The Hall–Kier alpha value is -2.36. The number of H-pyrrole nitrogens is 1. The number of anilines is 1. The Morgan fingerprint density at radius 3 is 2.72 bits per heavy atom. The number of aryl methyl sites for hydroxylation is 2. The minimum absolute atomic E-state index is 0.182. The monoisotopic (exact) mass is 239 g/mol. The van der Waals surface area contributed by atoms with E-state index in [2.05, 4.69) is 9.97 Å². The third-order valence-corrected chi connectivity index (χ3v) is 3.10. The summed E-state index contributed by atoms with van der Waals surface area (Å²) < 4.78 is 0. The second kappa shape index (κ2) is 3.57. The highest BCUT2D eigenvalue weighted by atomic mass is 16.1. The predicted molar refractivity (Wildman–Crippen MR) is 73.8 cm³/mol. The summed E-state index contributed by atoms with van der Waals surface area (Å²) in [6.45, 7) is 3.82. The molecule has 0 bridgehead atoms. The molecule has 0 fully saturated rings. The van der Waals surface area contributed by atoms with Crippen LogP contribution >= 0.6 is 0 Å². The quantitative estimate of drug-likeness (QED) is 0.591. The van der Waals surface area contributed by atoms with Crippen LogP contribution in [0.5, 0.6) is 0 Å². The SMILES string of the molecule is Cc1ccc2nc3cc(C)[nH]c(=O)c3c(N)c2c1. The summed E-state index contributed by atoms with van der Waals surface area (Å²) in [5.41, 5.74) is 9.77. The maximum Gasteiger partial charge on any atom is 0.259 e. The molecule has 0 aliphatic heterocycles. The van der Waals surface area contributed by atoms with E-state index in [1.165, 1.54) is 0 Å². The molecule has 0 aliphatic carbocycles. The fraction of sp³-hybridized carbons (Fsp3) is 0.143. The van der Waals surface area contributed by atoms with E-state index in [9.17, 15) is 4.79 Å². The van der Waals surface area contributed by atoms with Crippen molar-refractivity contribution in [3.8, 4) is 0 Å². The van der Waals surface area contributed by atoms with Crippen LogP contribution in [0.15, 0.2) is 29.1 Å². The van der Waals surface area contributed by atoms with Crippen LogP contribution in [-0.4, -0.2) is 9.97 Å². The highest BCUT2D eigenvalue weighted by Gasteiger charge is 2.10. The molecule has 1 aromatic carbocycles. The fourth-order valence-electron chi connectivity index (χ4n) is 2.25. The van der Waals surface area contributed by atoms with Crippen LogP contribution < -0.4 is 11.3 Å². The number of nitrogens with zero attached hydrogens (tertiary/aromatic N) is 1. The molecule has 3 aromatic rings. The Kier molecular flexibility index (Phi) is 2.13. The number of hydrogen-bond acceptors (Lipinski definition) is 3. The van der Waals surface area contributed by atoms with Crippen molar-refractivity contribution in [1.29, 1.82) is 0 Å². The van der Waals surface area contributed by atoms with Crippen LogP contribution in [0.3, 0.4) is 0 Å². The first-order valence-electron chi connectivity index (χ1n) is 5.76. The molecule has 2 heterocycles. The van der Waals surface area contributed by atoms with E-state index in [4.69, 9.17) is 5.73 Å². The van der Waals surface area contributed by atoms with Crippen molar-refractivity contribution in [2.24, 2.45) is 0 Å². The molecule has 3 N–H and O–H groups in total. The van der Waals surface area contributed by atoms with Crippen molar-refractivity contribution in [2.45, 2.75) is 13.8 Å². The first-order valence-corrected chi connectivity index (χ1v) is 5.76. The summed E-state index contributed by atoms with van der Waals surface area (Å²) in [4.78, 5) is 19.2. The Bertz CT molecular complexity index is 834. The average Bonchev–Trinajstić information content (AvgIpc) is 2.29. The van der Waals surface area contributed by atoms with Crippen molar-refractivity contribution in [2.75, 3.05) is 5.73 Å². The summed E-state index contributed by atoms with van der Waals surface area (Å²) in [5.74, 6) is 0. The van der Waals surface area contributed by atoms with Gasteiger partial charge in [0.15, 0.2) is 0 Å². The molecule has 0 spiro atoms. The Labute approximate surface area is 103 Å². The lowest BCUT2D eigenvalue weighted by Gasteiger charge is -2.07. The summed E-state index contributed by atoms with van der Waals surface area (Å²) in [7, 11) is 0. The number of aromatic nitrogens is 2. The number of aromatic amines is 1. The van der Waals surface area contributed by atoms with Gasteiger partial charge < -0.3 is 10.7 Å². The Morgan fingerprint density at radius 1 is 1.17 bits per heavy atom. The first-order chi connectivity index (χ1) is 8.56. The van der Waals surface area contributed by atoms with E-state index >= 15 is 0 Å². The zero-order valence-electron chi connectivity index (χ0n) is 10.2. The molecule has 0 saturated heterocycles. The molecule has 90 valence electrons. The van der Waals surface area contributed by atoms with Gasteiger partial charge in [-0.1, -0.05) is 11.6 Å². The van der Waals surface area contributed by atoms with Crippen molar-refractivity contribution < 1.29 is 0 Å². The van der Waals surface area contributed by atoms with Gasteiger partial charge in [-0.3, -0.25) is 4.79 Å². The van der Waals surface area contributed by atoms with E-state index in [-0.39, 0.29) is 5.56 Å². The van der Waals surface area contributed by atoms with E-state index < -0.39 is 0 Å². The molecule has 0 saturated carbocycles. The van der Waals surface area contributed by atoms with Gasteiger partial charge in [0, 0.05) is 11.1 Å². The van der Waals surface area contributed by atoms with Crippen LogP contribution in [0.4, 0.5) is 5.69 Å². The number of nitrogens with one attached hydrogen (secondary N) is 1. The number of fused-ring (bicyclic) bond motifs is 2. The summed E-state index contributed by atoms with van der Waals surface area (Å²) in [6, 6.07) is 7.71. The zero-order chi connectivity index (χ0) is 12.9. The molecule has 0 unspecified atom stereocenters. The van der Waals surface area contributed by atoms with Gasteiger partial charge in [-0.2, -0.15) is 0 Å². The van der Waals surface area contributed by atoms with Crippen molar-refractivity contribution in [3.05, 3.63) is 45.9 Å². The lowest BCUT2D eigenvalue weighted by atomic mass is 10.1. The second-order valence-electron chi connectivity index (χ2n) is 4.59. The normalized spacial score (nSPS) is 11.2. The maximum atomic E-state index is 12.0. The lowest BCUT2D eigenvalue weighted by Crippen LogP contribution is -2.10. The number of benzene rings is 1. The number of hydrogen-bond donors (Lipinski definition) is 2. The second-order valence-corrected chi connectivity index (χ2v) is 4.59. The summed E-state index contributed by atoms with van der Waals surface area (Å²) in [5, 5.41) is 1.30. The molecule has 0 radical (unpaired) electrons. The molecular formula is C14H13N3O. The molecule has 4 heteroatoms. The maximum absolute atomic E-state index is 12.0. The third-order valence-electron chi connectivity index (χ3n) is 3.10. The van der Waals surface area contributed by atoms with Crippen molar-refractivity contribution in [3.63, 3.8) is 0 Å². The van der Waals surface area contributed by atoms with E-state index in [1.807, 2.05) is 38.1 Å². The first kappa shape index (κ1) is 10.8. The molecule has 0 amide bonds. The number of pyridine rings is 2. The molecule has 0 aliphatic rings. The van der Waals surface area contributed by atoms with E-state index in [1.54, 1.807) is 0 Å². The number of nitrogens with two attached hydrogens (primary N) is 1. The summed E-state index contributed by atoms with van der Waals surface area (Å²) in [6.07, 6.45) is 0. The molecule has 0 atom stereocenters. The highest BCUT2D eigenvalue weighted by molar-refractivity contribution is 6.06. The Morgan fingerprint density at radius 2 is 1.94 bits per heavy atom. The molecule has 18 heavy (non-hydrogen) atoms. The highest BCUT2D eigenvalue weighted by Crippen LogP contribution is 2.26. The average molecular weight is 239 g/mol. The molecular weight excluding hydrogens is 226 g/mol. The van der Waals surface area contributed by atoms with E-state index in [0.29, 0.717) is 16.6 Å². The third kappa shape index (κ3) is 1.46. The van der Waals surface area contributed by atoms with Crippen LogP contribution in [0, 0.1) is 13.8 Å². The number of rotatable bonds is 0. The summed E-state index contributed by atoms with van der Waals surface area (Å²) >= 11 is 0. The van der Waals surface area contributed by atoms with Gasteiger partial charge in [0.2, 0.25) is 0 Å². The largest absolute Gasteiger partial charge is 0.397 e. The zero-order valence-corrected chi connectivity index (χ0v) is 10.2. The van der Waals surface area contributed by atoms with Crippen LogP contribution in [-0.2, 0) is 0 Å². The van der Waals surface area contributed by atoms with Gasteiger partial charge in [-0.15, -0.1) is 0 Å². The predicted octanol–water partition coefficient (Wildman–Crippen LogP) is 2.28. The minimum atomic E-state index is -0.182. The van der Waals surface area contributed by atoms with Gasteiger partial charge in [-0.25, -0.2) is 4.98 Å². The minimum Gasteiger partial charge on any atom is -0.397 e. The number of nitrogen functional groups attached to an aromatic ring is 1. The van der Waals surface area contributed by atoms with Crippen molar-refractivity contribution >= 4 is 27.5 Å². The van der Waals surface area contributed by atoms with Gasteiger partial charge in [0.05, 0.1) is 22.1 Å². The lowest BCUT2D eigenvalue weighted by molar-refractivity contribution is 1.16. The van der Waals surface area contributed by atoms with Gasteiger partial charge >= 0.3 is 0 Å². The molecule has 4 nitrogen and oxygen atoms in total.